The molecule has 0 aromatic carbocycles. The molecule has 0 atom stereocenters. The molecule has 0 radical (unpaired) electrons. The van der Waals surface area contributed by atoms with E-state index in [9.17, 15) is 0 Å². The molecule has 0 spiro atoms. The molecule has 6 heteroatoms. The quantitative estimate of drug-likeness (QED) is 0.201. The maximum absolute atomic E-state index is 6.75. The van der Waals surface area contributed by atoms with Gasteiger partial charge in [-0.3, -0.25) is 9.05 Å². The van der Waals surface area contributed by atoms with Gasteiger partial charge in [-0.2, -0.15) is 6.57 Å². The number of hydrogen-bond acceptors (Lipinski definition) is 4. The van der Waals surface area contributed by atoms with Crippen LogP contribution in [-0.2, 0) is 25.5 Å². The lowest BCUT2D eigenvalue weighted by Gasteiger charge is -2.14. The standard InChI is InChI=1S/C13H26NO3PS/c1-4-6-8-10-12-15-18(19,17-14-3)16-13-11-9-7-5-2/h4-13H2,1-2H3. The Hall–Kier alpha value is -0.140. The van der Waals surface area contributed by atoms with Gasteiger partial charge < -0.3 is 0 Å². The van der Waals surface area contributed by atoms with Crippen LogP contribution in [0.25, 0.3) is 5.01 Å². The lowest BCUT2D eigenvalue weighted by atomic mass is 10.2. The van der Waals surface area contributed by atoms with Crippen molar-refractivity contribution in [3.05, 3.63) is 11.6 Å². The predicted octanol–water partition coefficient (Wildman–Crippen LogP) is 5.26. The molecule has 0 amide bonds. The van der Waals surface area contributed by atoms with Crippen molar-refractivity contribution in [3.8, 4) is 0 Å². The first-order chi connectivity index (χ1) is 9.18. The van der Waals surface area contributed by atoms with Crippen LogP contribution in [0.4, 0.5) is 0 Å². The summed E-state index contributed by atoms with van der Waals surface area (Å²) in [7, 11) is 0. The molecule has 0 fully saturated rings. The van der Waals surface area contributed by atoms with Crippen molar-refractivity contribution in [1.82, 2.24) is 0 Å². The van der Waals surface area contributed by atoms with Crippen molar-refractivity contribution in [2.75, 3.05) is 13.2 Å². The molecule has 0 unspecified atom stereocenters. The fourth-order valence-electron chi connectivity index (χ4n) is 1.54. The Bertz CT molecular complexity index is 276. The highest BCUT2D eigenvalue weighted by Gasteiger charge is 2.26. The lowest BCUT2D eigenvalue weighted by molar-refractivity contribution is 0.182. The molecule has 0 aliphatic carbocycles. The van der Waals surface area contributed by atoms with Crippen LogP contribution in [0.3, 0.4) is 0 Å². The summed E-state index contributed by atoms with van der Waals surface area (Å²) in [5, 5.41) is 2.88. The minimum Gasteiger partial charge on any atom is -0.295 e. The van der Waals surface area contributed by atoms with E-state index in [0.29, 0.717) is 13.2 Å². The molecule has 0 N–H and O–H groups in total. The SMILES string of the molecule is [C-]#[N+]OP(=S)(OCCCCCC)OCCCCCC. The number of rotatable bonds is 13. The molecule has 19 heavy (non-hydrogen) atoms. The fraction of sp³-hybridized carbons (Fsp3) is 0.923. The van der Waals surface area contributed by atoms with Crippen LogP contribution in [0.2, 0.25) is 0 Å². The Balaban J connectivity index is 3.84. The Morgan fingerprint density at radius 1 is 0.895 bits per heavy atom. The van der Waals surface area contributed by atoms with Crippen LogP contribution in [-0.4, -0.2) is 13.2 Å². The minimum atomic E-state index is -2.84. The summed E-state index contributed by atoms with van der Waals surface area (Å²) in [5.74, 6) is 0. The third-order valence-electron chi connectivity index (χ3n) is 2.64. The van der Waals surface area contributed by atoms with Crippen molar-refractivity contribution in [2.24, 2.45) is 0 Å². The van der Waals surface area contributed by atoms with Gasteiger partial charge in [-0.05, 0) is 17.8 Å². The zero-order valence-corrected chi connectivity index (χ0v) is 13.8. The van der Waals surface area contributed by atoms with Gasteiger partial charge in [-0.25, -0.2) is 0 Å². The topological polar surface area (TPSA) is 32.0 Å². The molecule has 0 rings (SSSR count). The molecule has 0 aliphatic rings. The maximum Gasteiger partial charge on any atom is 0.463 e. The monoisotopic (exact) mass is 307 g/mol. The highest BCUT2D eigenvalue weighted by atomic mass is 32.5. The van der Waals surface area contributed by atoms with Gasteiger partial charge in [0.15, 0.2) is 0 Å². The van der Waals surface area contributed by atoms with Gasteiger partial charge in [0.05, 0.1) is 13.2 Å². The molecule has 0 heterocycles. The van der Waals surface area contributed by atoms with E-state index in [1.54, 1.807) is 0 Å². The molecule has 0 saturated carbocycles. The highest BCUT2D eigenvalue weighted by Crippen LogP contribution is 2.50. The molecular formula is C13H26NO3PS. The molecule has 0 aromatic rings. The van der Waals surface area contributed by atoms with Crippen molar-refractivity contribution < 1.29 is 13.7 Å². The number of hydrogen-bond donors (Lipinski definition) is 0. The van der Waals surface area contributed by atoms with Crippen molar-refractivity contribution in [3.63, 3.8) is 0 Å². The zero-order chi connectivity index (χ0) is 14.4. The largest absolute Gasteiger partial charge is 0.463 e. The van der Waals surface area contributed by atoms with E-state index in [2.05, 4.69) is 18.9 Å². The normalized spacial score (nSPS) is 11.2. The van der Waals surface area contributed by atoms with Gasteiger partial charge in [-0.1, -0.05) is 52.4 Å². The lowest BCUT2D eigenvalue weighted by Crippen LogP contribution is -2.00. The van der Waals surface area contributed by atoms with Gasteiger partial charge in [0.2, 0.25) is 0 Å². The van der Waals surface area contributed by atoms with E-state index in [4.69, 9.17) is 32.1 Å². The second-order valence-corrected chi connectivity index (χ2v) is 7.32. The molecular weight excluding hydrogens is 281 g/mol. The van der Waals surface area contributed by atoms with Crippen LogP contribution in [0.5, 0.6) is 0 Å². The highest BCUT2D eigenvalue weighted by molar-refractivity contribution is 8.07. The van der Waals surface area contributed by atoms with E-state index in [-0.39, 0.29) is 0 Å². The molecule has 112 valence electrons. The van der Waals surface area contributed by atoms with Gasteiger partial charge in [0, 0.05) is 11.8 Å². The van der Waals surface area contributed by atoms with E-state index in [0.717, 1.165) is 25.7 Å². The van der Waals surface area contributed by atoms with Crippen molar-refractivity contribution in [2.45, 2.75) is 65.2 Å². The second kappa shape index (κ2) is 12.9. The van der Waals surface area contributed by atoms with Gasteiger partial charge in [0.25, 0.3) is 0 Å². The fourth-order valence-corrected chi connectivity index (χ4v) is 3.07. The Morgan fingerprint density at radius 2 is 1.37 bits per heavy atom. The van der Waals surface area contributed by atoms with Crippen LogP contribution < -0.4 is 0 Å². The summed E-state index contributed by atoms with van der Waals surface area (Å²) < 4.78 is 15.8. The van der Waals surface area contributed by atoms with E-state index < -0.39 is 6.72 Å². The van der Waals surface area contributed by atoms with E-state index in [1.807, 2.05) is 0 Å². The molecule has 0 aliphatic heterocycles. The number of nitrogens with zero attached hydrogens (tertiary/aromatic N) is 1. The first-order valence-electron chi connectivity index (χ1n) is 7.13. The average Bonchev–Trinajstić information content (AvgIpc) is 2.39. The predicted molar refractivity (Wildman–Crippen MR) is 82.2 cm³/mol. The van der Waals surface area contributed by atoms with Crippen molar-refractivity contribution in [1.29, 1.82) is 0 Å². The molecule has 4 nitrogen and oxygen atoms in total. The minimum absolute atomic E-state index is 0.516. The van der Waals surface area contributed by atoms with Gasteiger partial charge in [0.1, 0.15) is 0 Å². The van der Waals surface area contributed by atoms with E-state index >= 15 is 0 Å². The second-order valence-electron chi connectivity index (χ2n) is 4.41. The summed E-state index contributed by atoms with van der Waals surface area (Å²) in [4.78, 5) is 0. The molecule has 0 aromatic heterocycles. The Morgan fingerprint density at radius 3 is 1.74 bits per heavy atom. The van der Waals surface area contributed by atoms with Crippen LogP contribution in [0.15, 0.2) is 0 Å². The van der Waals surface area contributed by atoms with Crippen LogP contribution >= 0.6 is 6.72 Å². The smallest absolute Gasteiger partial charge is 0.295 e. The van der Waals surface area contributed by atoms with Gasteiger partial charge in [-0.15, -0.1) is 4.62 Å². The summed E-state index contributed by atoms with van der Waals surface area (Å²) in [6.45, 7) is 9.27. The average molecular weight is 307 g/mol. The third-order valence-corrected chi connectivity index (χ3v) is 4.75. The zero-order valence-electron chi connectivity index (χ0n) is 12.1. The Kier molecular flexibility index (Phi) is 12.8. The molecule has 0 saturated heterocycles. The summed E-state index contributed by atoms with van der Waals surface area (Å²) in [6.07, 6.45) is 8.84. The first kappa shape index (κ1) is 18.9. The number of unbranched alkanes of at least 4 members (excludes halogenated alkanes) is 6. The van der Waals surface area contributed by atoms with Crippen LogP contribution in [0, 0.1) is 6.57 Å². The van der Waals surface area contributed by atoms with Gasteiger partial charge >= 0.3 is 6.72 Å². The summed E-state index contributed by atoms with van der Waals surface area (Å²) in [5.41, 5.74) is 0. The van der Waals surface area contributed by atoms with E-state index in [1.165, 1.54) is 25.7 Å². The molecule has 0 bridgehead atoms. The van der Waals surface area contributed by atoms with Crippen LogP contribution in [0.1, 0.15) is 65.2 Å². The first-order valence-corrected chi connectivity index (χ1v) is 9.68. The Labute approximate surface area is 122 Å². The summed E-state index contributed by atoms with van der Waals surface area (Å²) in [6, 6.07) is 0. The maximum atomic E-state index is 6.75. The summed E-state index contributed by atoms with van der Waals surface area (Å²) >= 11 is 5.19. The van der Waals surface area contributed by atoms with Crippen molar-refractivity contribution >= 4 is 18.5 Å². The third kappa shape index (κ3) is 11.4.